The maximum Gasteiger partial charge on any atom is 0.229 e. The Balaban J connectivity index is 1.62. The first-order valence-electron chi connectivity index (χ1n) is 7.73. The lowest BCUT2D eigenvalue weighted by Gasteiger charge is -2.33. The van der Waals surface area contributed by atoms with Crippen LogP contribution >= 0.6 is 0 Å². The van der Waals surface area contributed by atoms with Crippen molar-refractivity contribution in [1.82, 2.24) is 4.90 Å². The van der Waals surface area contributed by atoms with E-state index in [2.05, 4.69) is 12.1 Å². The molecule has 1 aromatic carbocycles. The maximum atomic E-state index is 12.8. The number of carbonyl (C=O) groups excluding carboxylic acids is 2. The molecular formula is C17H22N2O2. The predicted molar refractivity (Wildman–Crippen MR) is 80.3 cm³/mol. The average molecular weight is 286 g/mol. The molecule has 1 aliphatic heterocycles. The number of hydrogen-bond acceptors (Lipinski definition) is 2. The van der Waals surface area contributed by atoms with Gasteiger partial charge in [-0.05, 0) is 37.7 Å². The van der Waals surface area contributed by atoms with Crippen molar-refractivity contribution >= 4 is 11.8 Å². The van der Waals surface area contributed by atoms with E-state index in [1.54, 1.807) is 0 Å². The normalized spacial score (nSPS) is 21.0. The average Bonchev–Trinajstić information content (AvgIpc) is 3.28. The third kappa shape index (κ3) is 2.94. The van der Waals surface area contributed by atoms with E-state index in [9.17, 15) is 9.59 Å². The summed E-state index contributed by atoms with van der Waals surface area (Å²) < 4.78 is 0. The number of hydrogen-bond donors (Lipinski definition) is 1. The number of primary amides is 1. The second kappa shape index (κ2) is 5.51. The lowest BCUT2D eigenvalue weighted by Crippen LogP contribution is -2.45. The van der Waals surface area contributed by atoms with Gasteiger partial charge in [0.25, 0.3) is 0 Å². The van der Waals surface area contributed by atoms with Crippen LogP contribution in [0, 0.1) is 11.3 Å². The second-order valence-corrected chi connectivity index (χ2v) is 6.41. The lowest BCUT2D eigenvalue weighted by molar-refractivity contribution is -0.140. The molecular weight excluding hydrogens is 264 g/mol. The summed E-state index contributed by atoms with van der Waals surface area (Å²) in [6, 6.07) is 10.2. The molecule has 0 spiro atoms. The van der Waals surface area contributed by atoms with Crippen molar-refractivity contribution in [3.8, 4) is 0 Å². The minimum atomic E-state index is -0.229. The molecule has 1 aliphatic carbocycles. The van der Waals surface area contributed by atoms with E-state index in [-0.39, 0.29) is 23.1 Å². The number of carbonyl (C=O) groups is 2. The molecule has 0 radical (unpaired) electrons. The number of nitrogens with zero attached hydrogens (tertiary/aromatic N) is 1. The molecule has 2 amide bonds. The van der Waals surface area contributed by atoms with Crippen LogP contribution in [-0.4, -0.2) is 29.8 Å². The van der Waals surface area contributed by atoms with E-state index in [0.29, 0.717) is 25.9 Å². The van der Waals surface area contributed by atoms with Crippen molar-refractivity contribution in [2.24, 2.45) is 17.1 Å². The number of rotatable bonds is 4. The molecule has 4 nitrogen and oxygen atoms in total. The van der Waals surface area contributed by atoms with Crippen molar-refractivity contribution in [3.05, 3.63) is 35.9 Å². The van der Waals surface area contributed by atoms with Gasteiger partial charge in [-0.3, -0.25) is 9.59 Å². The Hall–Kier alpha value is -1.84. The van der Waals surface area contributed by atoms with Gasteiger partial charge in [0.05, 0.1) is 5.41 Å². The SMILES string of the molecule is NC(=O)C1CCN(C(=O)C2(Cc3ccccc3)CC2)CC1. The van der Waals surface area contributed by atoms with Crippen LogP contribution in [0.25, 0.3) is 0 Å². The standard InChI is InChI=1S/C17H22N2O2/c18-15(20)14-6-10-19(11-7-14)16(21)17(8-9-17)12-13-4-2-1-3-5-13/h1-5,14H,6-12H2,(H2,18,20). The summed E-state index contributed by atoms with van der Waals surface area (Å²) in [6.45, 7) is 1.34. The molecule has 2 aliphatic rings. The molecule has 0 unspecified atom stereocenters. The first kappa shape index (κ1) is 14.1. The topological polar surface area (TPSA) is 63.4 Å². The molecule has 21 heavy (non-hydrogen) atoms. The Morgan fingerprint density at radius 2 is 1.76 bits per heavy atom. The minimum absolute atomic E-state index is 0.0571. The molecule has 4 heteroatoms. The third-order valence-electron chi connectivity index (χ3n) is 4.88. The highest BCUT2D eigenvalue weighted by Crippen LogP contribution is 2.50. The third-order valence-corrected chi connectivity index (χ3v) is 4.88. The summed E-state index contributed by atoms with van der Waals surface area (Å²) in [5.74, 6) is -0.0138. The monoisotopic (exact) mass is 286 g/mol. The van der Waals surface area contributed by atoms with Crippen LogP contribution in [0.1, 0.15) is 31.2 Å². The van der Waals surface area contributed by atoms with Crippen molar-refractivity contribution in [2.45, 2.75) is 32.1 Å². The van der Waals surface area contributed by atoms with Gasteiger partial charge in [-0.1, -0.05) is 30.3 Å². The Labute approximate surface area is 125 Å². The van der Waals surface area contributed by atoms with Crippen molar-refractivity contribution < 1.29 is 9.59 Å². The summed E-state index contributed by atoms with van der Waals surface area (Å²) in [6.07, 6.45) is 4.22. The molecule has 3 rings (SSSR count). The molecule has 112 valence electrons. The molecule has 0 bridgehead atoms. The van der Waals surface area contributed by atoms with Gasteiger partial charge in [0.2, 0.25) is 11.8 Å². The Morgan fingerprint density at radius 3 is 2.29 bits per heavy atom. The van der Waals surface area contributed by atoms with Gasteiger partial charge < -0.3 is 10.6 Å². The molecule has 0 aromatic heterocycles. The summed E-state index contributed by atoms with van der Waals surface area (Å²) >= 11 is 0. The molecule has 2 N–H and O–H groups in total. The van der Waals surface area contributed by atoms with Crippen molar-refractivity contribution in [1.29, 1.82) is 0 Å². The summed E-state index contributed by atoms with van der Waals surface area (Å²) in [5.41, 5.74) is 6.40. The van der Waals surface area contributed by atoms with Crippen LogP contribution in [-0.2, 0) is 16.0 Å². The van der Waals surface area contributed by atoms with Gasteiger partial charge in [-0.25, -0.2) is 0 Å². The predicted octanol–water partition coefficient (Wildman–Crippen LogP) is 1.73. The van der Waals surface area contributed by atoms with Crippen LogP contribution < -0.4 is 5.73 Å². The van der Waals surface area contributed by atoms with E-state index < -0.39 is 0 Å². The zero-order valence-corrected chi connectivity index (χ0v) is 12.3. The fourth-order valence-electron chi connectivity index (χ4n) is 3.31. The Kier molecular flexibility index (Phi) is 3.70. The van der Waals surface area contributed by atoms with Gasteiger partial charge in [0, 0.05) is 19.0 Å². The number of amides is 2. The highest BCUT2D eigenvalue weighted by atomic mass is 16.2. The summed E-state index contributed by atoms with van der Waals surface area (Å²) in [5, 5.41) is 0. The Morgan fingerprint density at radius 1 is 1.14 bits per heavy atom. The highest BCUT2D eigenvalue weighted by molar-refractivity contribution is 5.86. The fraction of sp³-hybridized carbons (Fsp3) is 0.529. The lowest BCUT2D eigenvalue weighted by atomic mass is 9.91. The maximum absolute atomic E-state index is 12.8. The van der Waals surface area contributed by atoms with Crippen LogP contribution in [0.2, 0.25) is 0 Å². The first-order valence-corrected chi connectivity index (χ1v) is 7.73. The molecule has 2 fully saturated rings. The second-order valence-electron chi connectivity index (χ2n) is 6.41. The van der Waals surface area contributed by atoms with Gasteiger partial charge >= 0.3 is 0 Å². The molecule has 1 saturated heterocycles. The van der Waals surface area contributed by atoms with Crippen molar-refractivity contribution in [3.63, 3.8) is 0 Å². The van der Waals surface area contributed by atoms with E-state index in [1.807, 2.05) is 23.1 Å². The van der Waals surface area contributed by atoms with Crippen LogP contribution in [0.4, 0.5) is 0 Å². The van der Waals surface area contributed by atoms with Crippen LogP contribution in [0.5, 0.6) is 0 Å². The van der Waals surface area contributed by atoms with E-state index in [4.69, 9.17) is 5.73 Å². The molecule has 0 atom stereocenters. The minimum Gasteiger partial charge on any atom is -0.369 e. The van der Waals surface area contributed by atoms with E-state index >= 15 is 0 Å². The van der Waals surface area contributed by atoms with Gasteiger partial charge in [-0.15, -0.1) is 0 Å². The van der Waals surface area contributed by atoms with Crippen LogP contribution in [0.15, 0.2) is 30.3 Å². The van der Waals surface area contributed by atoms with E-state index in [1.165, 1.54) is 5.56 Å². The Bertz CT molecular complexity index is 529. The molecule has 1 saturated carbocycles. The largest absolute Gasteiger partial charge is 0.369 e. The highest BCUT2D eigenvalue weighted by Gasteiger charge is 2.51. The molecule has 1 aromatic rings. The number of piperidine rings is 1. The zero-order valence-electron chi connectivity index (χ0n) is 12.3. The molecule has 1 heterocycles. The number of benzene rings is 1. The fourth-order valence-corrected chi connectivity index (χ4v) is 3.31. The van der Waals surface area contributed by atoms with Gasteiger partial charge in [-0.2, -0.15) is 0 Å². The summed E-state index contributed by atoms with van der Waals surface area (Å²) in [4.78, 5) is 25.9. The zero-order chi connectivity index (χ0) is 14.9. The van der Waals surface area contributed by atoms with Crippen LogP contribution in [0.3, 0.4) is 0 Å². The number of nitrogens with two attached hydrogens (primary N) is 1. The number of likely N-dealkylation sites (tertiary alicyclic amines) is 1. The first-order chi connectivity index (χ1) is 10.1. The van der Waals surface area contributed by atoms with Gasteiger partial charge in [0.1, 0.15) is 0 Å². The smallest absolute Gasteiger partial charge is 0.229 e. The quantitative estimate of drug-likeness (QED) is 0.916. The van der Waals surface area contributed by atoms with Crippen molar-refractivity contribution in [2.75, 3.05) is 13.1 Å². The van der Waals surface area contributed by atoms with E-state index in [0.717, 1.165) is 19.3 Å². The summed E-state index contributed by atoms with van der Waals surface area (Å²) in [7, 11) is 0. The van der Waals surface area contributed by atoms with Gasteiger partial charge in [0.15, 0.2) is 0 Å².